The van der Waals surface area contributed by atoms with Gasteiger partial charge in [0.1, 0.15) is 13.2 Å². The van der Waals surface area contributed by atoms with Crippen LogP contribution in [0.15, 0.2) is 109 Å². The number of unbranched alkanes of at least 4 members (excludes halogenated alkanes) is 9. The summed E-state index contributed by atoms with van der Waals surface area (Å²) >= 11 is 0. The molecule has 0 rings (SSSR count). The number of carbonyl (C=O) groups is 3. The minimum atomic E-state index is -0.829. The molecule has 0 N–H and O–H groups in total. The Balaban J connectivity index is 4.62. The number of esters is 3. The molecule has 0 aromatic heterocycles. The zero-order valence-corrected chi connectivity index (χ0v) is 33.5. The third-order valence-electron chi connectivity index (χ3n) is 7.87. The largest absolute Gasteiger partial charge is 0.462 e. The number of hydrogen-bond acceptors (Lipinski definition) is 6. The maximum atomic E-state index is 12.6. The number of hydrogen-bond donors (Lipinski definition) is 0. The first-order valence-electron chi connectivity index (χ1n) is 20.5. The highest BCUT2D eigenvalue weighted by molar-refractivity contribution is 5.71. The van der Waals surface area contributed by atoms with Gasteiger partial charge in [-0.2, -0.15) is 0 Å². The molecule has 1 unspecified atom stereocenters. The first kappa shape index (κ1) is 49.1. The van der Waals surface area contributed by atoms with Crippen molar-refractivity contribution in [3.8, 4) is 0 Å². The van der Waals surface area contributed by atoms with E-state index in [0.717, 1.165) is 83.5 Å². The summed E-state index contributed by atoms with van der Waals surface area (Å²) < 4.78 is 16.5. The summed E-state index contributed by atoms with van der Waals surface area (Å²) in [5.41, 5.74) is 0. The van der Waals surface area contributed by atoms with Crippen molar-refractivity contribution in [3.05, 3.63) is 109 Å². The minimum Gasteiger partial charge on any atom is -0.462 e. The molecule has 0 aliphatic rings. The lowest BCUT2D eigenvalue weighted by molar-refractivity contribution is -0.167. The van der Waals surface area contributed by atoms with Crippen LogP contribution in [0.1, 0.15) is 149 Å². The summed E-state index contributed by atoms with van der Waals surface area (Å²) in [7, 11) is 0. The fourth-order valence-corrected chi connectivity index (χ4v) is 4.82. The van der Waals surface area contributed by atoms with E-state index in [2.05, 4.69) is 75.5 Å². The Hall–Kier alpha value is -3.93. The van der Waals surface area contributed by atoms with Gasteiger partial charge < -0.3 is 14.2 Å². The Bertz CT molecular complexity index is 1160. The molecule has 0 radical (unpaired) electrons. The van der Waals surface area contributed by atoms with Crippen molar-refractivity contribution in [3.63, 3.8) is 0 Å². The van der Waals surface area contributed by atoms with Gasteiger partial charge >= 0.3 is 17.9 Å². The third-order valence-corrected chi connectivity index (χ3v) is 7.87. The molecule has 0 aromatic rings. The Morgan fingerprint density at radius 1 is 0.415 bits per heavy atom. The van der Waals surface area contributed by atoms with Crippen LogP contribution in [0.3, 0.4) is 0 Å². The van der Waals surface area contributed by atoms with Crippen molar-refractivity contribution in [1.29, 1.82) is 0 Å². The van der Waals surface area contributed by atoms with Crippen LogP contribution in [-0.2, 0) is 28.6 Å². The summed E-state index contributed by atoms with van der Waals surface area (Å²) in [4.78, 5) is 37.5. The first-order chi connectivity index (χ1) is 26.0. The van der Waals surface area contributed by atoms with Crippen LogP contribution in [0, 0.1) is 0 Å². The van der Waals surface area contributed by atoms with Crippen molar-refractivity contribution in [1.82, 2.24) is 0 Å². The lowest BCUT2D eigenvalue weighted by atomic mass is 10.1. The lowest BCUT2D eigenvalue weighted by Gasteiger charge is -2.18. The fourth-order valence-electron chi connectivity index (χ4n) is 4.82. The average molecular weight is 733 g/mol. The van der Waals surface area contributed by atoms with Gasteiger partial charge in [-0.3, -0.25) is 14.4 Å². The molecule has 0 aliphatic heterocycles. The zero-order valence-electron chi connectivity index (χ0n) is 33.5. The van der Waals surface area contributed by atoms with Gasteiger partial charge in [0.25, 0.3) is 0 Å². The molecule has 0 heterocycles. The second kappa shape index (κ2) is 40.8. The summed E-state index contributed by atoms with van der Waals surface area (Å²) in [5.74, 6) is -1.07. The van der Waals surface area contributed by atoms with Gasteiger partial charge in [-0.15, -0.1) is 0 Å². The minimum absolute atomic E-state index is 0.125. The van der Waals surface area contributed by atoms with E-state index in [1.54, 1.807) is 0 Å². The van der Waals surface area contributed by atoms with Gasteiger partial charge in [-0.1, -0.05) is 156 Å². The highest BCUT2D eigenvalue weighted by Crippen LogP contribution is 2.10. The van der Waals surface area contributed by atoms with Gasteiger partial charge in [0.05, 0.1) is 0 Å². The van der Waals surface area contributed by atoms with E-state index < -0.39 is 6.10 Å². The van der Waals surface area contributed by atoms with E-state index in [1.165, 1.54) is 12.8 Å². The SMILES string of the molecule is CC\C=C/C=C\C=C/C=C\C=C/CCCC(=O)OCC(COC(=O)CCCCCC/C=C\CCCC)OC(=O)CCCC/C=C\C/C=C\C/C=C\CC. The highest BCUT2D eigenvalue weighted by atomic mass is 16.6. The topological polar surface area (TPSA) is 78.9 Å². The predicted molar refractivity (Wildman–Crippen MR) is 223 cm³/mol. The van der Waals surface area contributed by atoms with E-state index in [4.69, 9.17) is 14.2 Å². The maximum Gasteiger partial charge on any atom is 0.306 e. The van der Waals surface area contributed by atoms with E-state index in [1.807, 2.05) is 54.7 Å². The Morgan fingerprint density at radius 3 is 1.47 bits per heavy atom. The summed E-state index contributed by atoms with van der Waals surface area (Å²) in [6, 6.07) is 0. The maximum absolute atomic E-state index is 12.6. The molecule has 0 aliphatic carbocycles. The summed E-state index contributed by atoms with van der Waals surface area (Å²) in [6.45, 7) is 6.17. The molecule has 6 heteroatoms. The van der Waals surface area contributed by atoms with Gasteiger partial charge in [0.2, 0.25) is 0 Å². The average Bonchev–Trinajstić information content (AvgIpc) is 3.15. The Morgan fingerprint density at radius 2 is 0.849 bits per heavy atom. The van der Waals surface area contributed by atoms with Crippen LogP contribution in [-0.4, -0.2) is 37.2 Å². The second-order valence-electron chi connectivity index (χ2n) is 12.9. The van der Waals surface area contributed by atoms with Gasteiger partial charge in [0.15, 0.2) is 6.10 Å². The number of rotatable bonds is 34. The normalized spacial score (nSPS) is 13.2. The van der Waals surface area contributed by atoms with Gasteiger partial charge in [-0.25, -0.2) is 0 Å². The van der Waals surface area contributed by atoms with E-state index >= 15 is 0 Å². The van der Waals surface area contributed by atoms with Crippen molar-refractivity contribution in [2.75, 3.05) is 13.2 Å². The Kier molecular flexibility index (Phi) is 37.8. The van der Waals surface area contributed by atoms with Crippen LogP contribution in [0.2, 0.25) is 0 Å². The predicted octanol–water partition coefficient (Wildman–Crippen LogP) is 12.9. The van der Waals surface area contributed by atoms with Crippen LogP contribution >= 0.6 is 0 Å². The molecule has 0 bridgehead atoms. The molecule has 0 amide bonds. The monoisotopic (exact) mass is 733 g/mol. The zero-order chi connectivity index (χ0) is 38.7. The van der Waals surface area contributed by atoms with Gasteiger partial charge in [0, 0.05) is 19.3 Å². The summed E-state index contributed by atoms with van der Waals surface area (Å²) in [6.07, 6.45) is 53.7. The molecule has 1 atom stereocenters. The molecule has 6 nitrogen and oxygen atoms in total. The molecule has 0 saturated carbocycles. The number of allylic oxidation sites excluding steroid dienone is 18. The highest BCUT2D eigenvalue weighted by Gasteiger charge is 2.19. The van der Waals surface area contributed by atoms with E-state index in [-0.39, 0.29) is 44.0 Å². The van der Waals surface area contributed by atoms with Gasteiger partial charge in [-0.05, 0) is 83.5 Å². The first-order valence-corrected chi connectivity index (χ1v) is 20.5. The molecule has 296 valence electrons. The van der Waals surface area contributed by atoms with Crippen LogP contribution in [0.25, 0.3) is 0 Å². The molecule has 0 aromatic carbocycles. The smallest absolute Gasteiger partial charge is 0.306 e. The molecular formula is C47H72O6. The van der Waals surface area contributed by atoms with E-state index in [0.29, 0.717) is 19.3 Å². The number of carbonyl (C=O) groups excluding carboxylic acids is 3. The molecule has 0 saturated heterocycles. The van der Waals surface area contributed by atoms with Crippen molar-refractivity contribution in [2.24, 2.45) is 0 Å². The molecule has 0 fully saturated rings. The second-order valence-corrected chi connectivity index (χ2v) is 12.9. The van der Waals surface area contributed by atoms with E-state index in [9.17, 15) is 14.4 Å². The van der Waals surface area contributed by atoms with Crippen molar-refractivity contribution >= 4 is 17.9 Å². The van der Waals surface area contributed by atoms with Crippen molar-refractivity contribution in [2.45, 2.75) is 155 Å². The Labute approximate surface area is 323 Å². The number of ether oxygens (including phenoxy) is 3. The summed E-state index contributed by atoms with van der Waals surface area (Å²) in [5, 5.41) is 0. The fraction of sp³-hybridized carbons (Fsp3) is 0.553. The lowest BCUT2D eigenvalue weighted by Crippen LogP contribution is -2.30. The molecule has 0 spiro atoms. The van der Waals surface area contributed by atoms with Crippen LogP contribution < -0.4 is 0 Å². The molecule has 53 heavy (non-hydrogen) atoms. The third kappa shape index (κ3) is 39.1. The molecular weight excluding hydrogens is 661 g/mol. The standard InChI is InChI=1S/C47H72O6/c1-4-7-10-13-16-19-22-24-26-28-31-34-37-40-46(49)52-43-44(42-51-45(48)39-36-33-30-27-21-18-15-12-9-6-3)53-47(50)41-38-35-32-29-25-23-20-17-14-11-8-5-2/h7-8,10-11,13,15-20,22,24-26,28-29,31,44H,4-6,9,12,14,21,23,27,30,32-43H2,1-3H3/b10-7-,11-8-,16-13-,18-15-,20-17-,22-19-,26-24-,29-25-,31-28-. The van der Waals surface area contributed by atoms with Crippen LogP contribution in [0.5, 0.6) is 0 Å². The quantitative estimate of drug-likeness (QED) is 0.0215. The van der Waals surface area contributed by atoms with Crippen LogP contribution in [0.4, 0.5) is 0 Å². The van der Waals surface area contributed by atoms with Crippen molar-refractivity contribution < 1.29 is 28.6 Å².